The Balaban J connectivity index is 1.66. The largest absolute Gasteiger partial charge is 0.306 e. The molecule has 10 heteroatoms. The van der Waals surface area contributed by atoms with E-state index in [1.807, 2.05) is 14.0 Å². The Morgan fingerprint density at radius 3 is 3.00 bits per heavy atom. The monoisotopic (exact) mass is 337 g/mol. The van der Waals surface area contributed by atoms with Crippen LogP contribution in [-0.4, -0.2) is 45.9 Å². The van der Waals surface area contributed by atoms with Crippen molar-refractivity contribution in [2.45, 2.75) is 13.3 Å². The van der Waals surface area contributed by atoms with Crippen molar-refractivity contribution in [2.24, 2.45) is 7.05 Å². The van der Waals surface area contributed by atoms with Gasteiger partial charge in [-0.2, -0.15) is 10.2 Å². The van der Waals surface area contributed by atoms with Gasteiger partial charge in [0, 0.05) is 13.2 Å². The molecule has 0 spiro atoms. The van der Waals surface area contributed by atoms with Crippen LogP contribution in [0.15, 0.2) is 30.9 Å². The molecule has 4 aromatic rings. The highest BCUT2D eigenvalue weighted by atomic mass is 16.1. The van der Waals surface area contributed by atoms with Crippen LogP contribution in [-0.2, 0) is 13.5 Å². The standard InChI is InChI=1S/C15H15N9O/c1-3-11-12-13(19-20-14(12)23(2)21-11)18-15(25)9-6-10(8-16-7-9)24-5-4-17-22-24/h4-8H,3H2,1-2H3,(H2,18,19,20,25). The molecular weight excluding hydrogens is 322 g/mol. The summed E-state index contributed by atoms with van der Waals surface area (Å²) >= 11 is 0. The maximum absolute atomic E-state index is 12.6. The zero-order valence-electron chi connectivity index (χ0n) is 13.6. The first-order chi connectivity index (χ1) is 12.2. The molecule has 4 heterocycles. The van der Waals surface area contributed by atoms with E-state index in [2.05, 4.69) is 35.9 Å². The van der Waals surface area contributed by atoms with Gasteiger partial charge in [-0.3, -0.25) is 14.9 Å². The molecule has 0 saturated carbocycles. The first-order valence-corrected chi connectivity index (χ1v) is 7.70. The lowest BCUT2D eigenvalue weighted by Crippen LogP contribution is -2.13. The predicted molar refractivity (Wildman–Crippen MR) is 89.3 cm³/mol. The SMILES string of the molecule is CCc1nn(C)c2n[nH]c(NC(=O)c3cncc(-n4ccnn4)c3)c12. The molecule has 0 radical (unpaired) electrons. The van der Waals surface area contributed by atoms with E-state index >= 15 is 0 Å². The number of hydrogen-bond acceptors (Lipinski definition) is 6. The Kier molecular flexibility index (Phi) is 3.49. The summed E-state index contributed by atoms with van der Waals surface area (Å²) in [5, 5.41) is 22.8. The average Bonchev–Trinajstić information content (AvgIpc) is 3.35. The van der Waals surface area contributed by atoms with Crippen molar-refractivity contribution in [2.75, 3.05) is 5.32 Å². The molecule has 0 bridgehead atoms. The molecule has 126 valence electrons. The van der Waals surface area contributed by atoms with Gasteiger partial charge in [-0.1, -0.05) is 12.1 Å². The molecule has 1 amide bonds. The van der Waals surface area contributed by atoms with Crippen LogP contribution in [0.5, 0.6) is 0 Å². The van der Waals surface area contributed by atoms with Crippen molar-refractivity contribution in [1.29, 1.82) is 0 Å². The zero-order chi connectivity index (χ0) is 17.4. The summed E-state index contributed by atoms with van der Waals surface area (Å²) in [6.45, 7) is 2.01. The topological polar surface area (TPSA) is 119 Å². The van der Waals surface area contributed by atoms with E-state index in [1.54, 1.807) is 29.3 Å². The summed E-state index contributed by atoms with van der Waals surface area (Å²) < 4.78 is 3.22. The summed E-state index contributed by atoms with van der Waals surface area (Å²) in [6.07, 6.45) is 7.08. The van der Waals surface area contributed by atoms with Crippen LogP contribution >= 0.6 is 0 Å². The molecule has 0 aliphatic carbocycles. The lowest BCUT2D eigenvalue weighted by atomic mass is 10.2. The van der Waals surface area contributed by atoms with E-state index in [-0.39, 0.29) is 5.91 Å². The first-order valence-electron chi connectivity index (χ1n) is 7.70. The number of aromatic amines is 1. The zero-order valence-corrected chi connectivity index (χ0v) is 13.6. The Hall–Kier alpha value is -3.56. The lowest BCUT2D eigenvalue weighted by Gasteiger charge is -2.05. The van der Waals surface area contributed by atoms with Gasteiger partial charge in [0.15, 0.2) is 5.65 Å². The van der Waals surface area contributed by atoms with Crippen molar-refractivity contribution in [3.8, 4) is 5.69 Å². The molecule has 0 aliphatic rings. The number of hydrogen-bond donors (Lipinski definition) is 2. The number of amides is 1. The molecule has 25 heavy (non-hydrogen) atoms. The third kappa shape index (κ3) is 2.53. The van der Waals surface area contributed by atoms with Gasteiger partial charge in [0.05, 0.1) is 40.9 Å². The summed E-state index contributed by atoms with van der Waals surface area (Å²) in [5.74, 6) is 0.224. The van der Waals surface area contributed by atoms with Crippen molar-refractivity contribution < 1.29 is 4.79 Å². The highest BCUT2D eigenvalue weighted by molar-refractivity contribution is 6.08. The third-order valence-corrected chi connectivity index (χ3v) is 3.86. The molecule has 0 aromatic carbocycles. The number of rotatable bonds is 4. The van der Waals surface area contributed by atoms with Crippen LogP contribution in [0.3, 0.4) is 0 Å². The number of H-pyrrole nitrogens is 1. The van der Waals surface area contributed by atoms with Gasteiger partial charge >= 0.3 is 0 Å². The van der Waals surface area contributed by atoms with Gasteiger partial charge in [0.1, 0.15) is 5.82 Å². The fourth-order valence-corrected chi connectivity index (χ4v) is 2.67. The van der Waals surface area contributed by atoms with E-state index in [1.165, 1.54) is 10.9 Å². The second-order valence-corrected chi connectivity index (χ2v) is 5.45. The molecule has 2 N–H and O–H groups in total. The number of nitrogens with one attached hydrogen (secondary N) is 2. The quantitative estimate of drug-likeness (QED) is 0.575. The van der Waals surface area contributed by atoms with Gasteiger partial charge in [-0.15, -0.1) is 5.10 Å². The number of aryl methyl sites for hydroxylation is 2. The Labute approximate surface area is 141 Å². The predicted octanol–water partition coefficient (Wildman–Crippen LogP) is 1.09. The lowest BCUT2D eigenvalue weighted by molar-refractivity contribution is 0.102. The number of carbonyl (C=O) groups excluding carboxylic acids is 1. The summed E-state index contributed by atoms with van der Waals surface area (Å²) in [4.78, 5) is 16.7. The fraction of sp³-hybridized carbons (Fsp3) is 0.200. The molecule has 0 atom stereocenters. The maximum Gasteiger partial charge on any atom is 0.258 e. The van der Waals surface area contributed by atoms with Crippen molar-refractivity contribution in [3.05, 3.63) is 42.1 Å². The van der Waals surface area contributed by atoms with Gasteiger partial charge in [0.2, 0.25) is 0 Å². The normalized spacial score (nSPS) is 11.1. The highest BCUT2D eigenvalue weighted by Crippen LogP contribution is 2.24. The molecule has 0 fully saturated rings. The van der Waals surface area contributed by atoms with Crippen molar-refractivity contribution in [3.63, 3.8) is 0 Å². The molecule has 4 aromatic heterocycles. The Morgan fingerprint density at radius 2 is 2.24 bits per heavy atom. The van der Waals surface area contributed by atoms with Crippen LogP contribution in [0.1, 0.15) is 23.0 Å². The van der Waals surface area contributed by atoms with Crippen molar-refractivity contribution >= 4 is 22.8 Å². The van der Waals surface area contributed by atoms with Crippen LogP contribution < -0.4 is 5.32 Å². The molecule has 0 saturated heterocycles. The van der Waals surface area contributed by atoms with Gasteiger partial charge in [0.25, 0.3) is 5.91 Å². The Morgan fingerprint density at radius 1 is 1.36 bits per heavy atom. The number of pyridine rings is 1. The number of carbonyl (C=O) groups is 1. The van der Waals surface area contributed by atoms with E-state index in [0.717, 1.165) is 17.5 Å². The van der Waals surface area contributed by atoms with E-state index < -0.39 is 0 Å². The summed E-state index contributed by atoms with van der Waals surface area (Å²) in [7, 11) is 1.82. The number of anilines is 1. The maximum atomic E-state index is 12.6. The average molecular weight is 337 g/mol. The number of nitrogens with zero attached hydrogens (tertiary/aromatic N) is 7. The van der Waals surface area contributed by atoms with E-state index in [0.29, 0.717) is 22.7 Å². The minimum atomic E-state index is -0.300. The Bertz CT molecular complexity index is 1040. The van der Waals surface area contributed by atoms with Crippen LogP contribution in [0.25, 0.3) is 16.7 Å². The first kappa shape index (κ1) is 15.0. The van der Waals surface area contributed by atoms with E-state index in [4.69, 9.17) is 0 Å². The van der Waals surface area contributed by atoms with Crippen LogP contribution in [0.2, 0.25) is 0 Å². The van der Waals surface area contributed by atoms with Crippen molar-refractivity contribution in [1.82, 2.24) is 40.0 Å². The fourth-order valence-electron chi connectivity index (χ4n) is 2.67. The molecular formula is C15H15N9O. The van der Waals surface area contributed by atoms with Gasteiger partial charge in [-0.25, -0.2) is 9.36 Å². The minimum absolute atomic E-state index is 0.300. The van der Waals surface area contributed by atoms with Crippen LogP contribution in [0.4, 0.5) is 5.82 Å². The smallest absolute Gasteiger partial charge is 0.258 e. The third-order valence-electron chi connectivity index (χ3n) is 3.86. The molecule has 10 nitrogen and oxygen atoms in total. The second-order valence-electron chi connectivity index (χ2n) is 5.45. The van der Waals surface area contributed by atoms with Gasteiger partial charge < -0.3 is 5.32 Å². The minimum Gasteiger partial charge on any atom is -0.306 e. The molecule has 0 aliphatic heterocycles. The number of aromatic nitrogens is 8. The second kappa shape index (κ2) is 5.82. The highest BCUT2D eigenvalue weighted by Gasteiger charge is 2.18. The summed E-state index contributed by atoms with van der Waals surface area (Å²) in [6, 6.07) is 1.69. The number of fused-ring (bicyclic) bond motifs is 1. The molecule has 4 rings (SSSR count). The summed E-state index contributed by atoms with van der Waals surface area (Å²) in [5.41, 5.74) is 2.62. The van der Waals surface area contributed by atoms with Crippen LogP contribution in [0, 0.1) is 0 Å². The van der Waals surface area contributed by atoms with Gasteiger partial charge in [-0.05, 0) is 12.5 Å². The van der Waals surface area contributed by atoms with E-state index in [9.17, 15) is 4.79 Å². The molecule has 0 unspecified atom stereocenters.